The third-order valence-corrected chi connectivity index (χ3v) is 8.81. The number of carbonyl (C=O) groups is 2. The van der Waals surface area contributed by atoms with Crippen LogP contribution < -0.4 is 0 Å². The lowest BCUT2D eigenvalue weighted by atomic mass is 9.45. The maximum absolute atomic E-state index is 11.9. The predicted molar refractivity (Wildman–Crippen MR) is 99.8 cm³/mol. The number of aliphatic carboxylic acids is 1. The summed E-state index contributed by atoms with van der Waals surface area (Å²) >= 11 is 0. The monoisotopic (exact) mass is 376 g/mol. The molecule has 150 valence electrons. The molecule has 2 unspecified atom stereocenters. The first-order chi connectivity index (χ1) is 12.7. The SMILES string of the molecule is C[C@]12CCC(=O)C=C1CC[C@H]1C3CC[C@H](C(O)CC(=O)O)[C@@]3(C)C[C@H](O)[C@@H]12. The number of aliphatic hydroxyl groups excluding tert-OH is 2. The largest absolute Gasteiger partial charge is 0.481 e. The van der Waals surface area contributed by atoms with Crippen molar-refractivity contribution < 1.29 is 24.9 Å². The fraction of sp³-hybridized carbons (Fsp3) is 0.818. The maximum atomic E-state index is 11.9. The third kappa shape index (κ3) is 2.80. The summed E-state index contributed by atoms with van der Waals surface area (Å²) in [6.45, 7) is 4.40. The molecule has 0 aromatic carbocycles. The molecule has 4 aliphatic carbocycles. The lowest BCUT2D eigenvalue weighted by Crippen LogP contribution is -2.57. The molecular weight excluding hydrogens is 344 g/mol. The number of fused-ring (bicyclic) bond motifs is 5. The molecule has 3 fully saturated rings. The van der Waals surface area contributed by atoms with E-state index in [1.807, 2.05) is 6.08 Å². The Morgan fingerprint density at radius 1 is 1.26 bits per heavy atom. The van der Waals surface area contributed by atoms with E-state index in [0.717, 1.165) is 32.1 Å². The van der Waals surface area contributed by atoms with Gasteiger partial charge >= 0.3 is 5.97 Å². The number of carboxylic acids is 1. The van der Waals surface area contributed by atoms with Gasteiger partial charge in [-0.3, -0.25) is 9.59 Å². The van der Waals surface area contributed by atoms with Crippen LogP contribution in [-0.4, -0.2) is 39.3 Å². The van der Waals surface area contributed by atoms with Crippen LogP contribution in [0.2, 0.25) is 0 Å². The fourth-order valence-corrected chi connectivity index (χ4v) is 7.68. The topological polar surface area (TPSA) is 94.8 Å². The number of ketones is 1. The van der Waals surface area contributed by atoms with E-state index in [9.17, 15) is 19.8 Å². The molecule has 0 bridgehead atoms. The van der Waals surface area contributed by atoms with Crippen LogP contribution in [0.25, 0.3) is 0 Å². The number of aliphatic hydroxyl groups is 2. The van der Waals surface area contributed by atoms with Crippen LogP contribution >= 0.6 is 0 Å². The van der Waals surface area contributed by atoms with Gasteiger partial charge in [0, 0.05) is 6.42 Å². The van der Waals surface area contributed by atoms with E-state index in [0.29, 0.717) is 24.7 Å². The Morgan fingerprint density at radius 2 is 2.00 bits per heavy atom. The van der Waals surface area contributed by atoms with Crippen LogP contribution in [0.15, 0.2) is 11.6 Å². The van der Waals surface area contributed by atoms with Gasteiger partial charge in [-0.15, -0.1) is 0 Å². The molecule has 4 rings (SSSR count). The summed E-state index contributed by atoms with van der Waals surface area (Å²) in [5.74, 6) is 0.154. The third-order valence-electron chi connectivity index (χ3n) is 8.81. The van der Waals surface area contributed by atoms with Crippen molar-refractivity contribution in [3.63, 3.8) is 0 Å². The fourth-order valence-electron chi connectivity index (χ4n) is 7.68. The minimum Gasteiger partial charge on any atom is -0.481 e. The Morgan fingerprint density at radius 3 is 2.70 bits per heavy atom. The van der Waals surface area contributed by atoms with E-state index in [1.54, 1.807) is 0 Å². The molecule has 27 heavy (non-hydrogen) atoms. The Kier molecular flexibility index (Phi) is 4.54. The molecule has 0 aromatic heterocycles. The van der Waals surface area contributed by atoms with Crippen molar-refractivity contribution in [3.8, 4) is 0 Å². The van der Waals surface area contributed by atoms with Gasteiger partial charge in [-0.25, -0.2) is 0 Å². The first-order valence-electron chi connectivity index (χ1n) is 10.5. The summed E-state index contributed by atoms with van der Waals surface area (Å²) < 4.78 is 0. The average molecular weight is 376 g/mol. The molecule has 0 heterocycles. The summed E-state index contributed by atoms with van der Waals surface area (Å²) in [7, 11) is 0. The number of carbonyl (C=O) groups excluding carboxylic acids is 1. The number of hydrogen-bond donors (Lipinski definition) is 3. The van der Waals surface area contributed by atoms with Crippen molar-refractivity contribution in [1.82, 2.24) is 0 Å². The quantitative estimate of drug-likeness (QED) is 0.704. The lowest BCUT2D eigenvalue weighted by Gasteiger charge is -2.60. The summed E-state index contributed by atoms with van der Waals surface area (Å²) in [6, 6.07) is 0. The zero-order valence-electron chi connectivity index (χ0n) is 16.4. The highest BCUT2D eigenvalue weighted by Crippen LogP contribution is 2.67. The summed E-state index contributed by atoms with van der Waals surface area (Å²) in [6.07, 6.45) is 6.07. The predicted octanol–water partition coefficient (Wildman–Crippen LogP) is 2.94. The molecule has 0 saturated heterocycles. The molecule has 0 spiro atoms. The molecule has 5 nitrogen and oxygen atoms in total. The second kappa shape index (κ2) is 6.41. The molecule has 0 amide bonds. The number of allylic oxidation sites excluding steroid dienone is 1. The zero-order chi connectivity index (χ0) is 19.6. The highest BCUT2D eigenvalue weighted by Gasteiger charge is 2.62. The average Bonchev–Trinajstić information content (AvgIpc) is 2.91. The van der Waals surface area contributed by atoms with Gasteiger partial charge in [-0.2, -0.15) is 0 Å². The summed E-state index contributed by atoms with van der Waals surface area (Å²) in [5.41, 5.74) is 0.912. The highest BCUT2D eigenvalue weighted by atomic mass is 16.4. The number of rotatable bonds is 3. The van der Waals surface area contributed by atoms with Crippen LogP contribution in [0.3, 0.4) is 0 Å². The molecular formula is C22H32O5. The maximum Gasteiger partial charge on any atom is 0.305 e. The Balaban J connectivity index is 1.64. The zero-order valence-corrected chi connectivity index (χ0v) is 16.4. The van der Waals surface area contributed by atoms with Gasteiger partial charge < -0.3 is 15.3 Å². The van der Waals surface area contributed by atoms with Crippen LogP contribution in [-0.2, 0) is 9.59 Å². The second-order valence-electron chi connectivity index (χ2n) is 10.0. The van der Waals surface area contributed by atoms with Crippen LogP contribution in [0, 0.1) is 34.5 Å². The van der Waals surface area contributed by atoms with E-state index >= 15 is 0 Å². The van der Waals surface area contributed by atoms with E-state index in [2.05, 4.69) is 13.8 Å². The van der Waals surface area contributed by atoms with Crippen LogP contribution in [0.4, 0.5) is 0 Å². The van der Waals surface area contributed by atoms with Gasteiger partial charge in [-0.05, 0) is 79.1 Å². The molecule has 4 aliphatic rings. The van der Waals surface area contributed by atoms with Crippen molar-refractivity contribution in [2.45, 2.75) is 77.4 Å². The molecule has 0 aliphatic heterocycles. The Bertz CT molecular complexity index is 684. The van der Waals surface area contributed by atoms with Gasteiger partial charge in [0.05, 0.1) is 18.6 Å². The minimum absolute atomic E-state index is 0.0631. The molecule has 8 atom stereocenters. The van der Waals surface area contributed by atoms with Crippen molar-refractivity contribution in [1.29, 1.82) is 0 Å². The van der Waals surface area contributed by atoms with Gasteiger partial charge in [0.2, 0.25) is 0 Å². The normalized spacial score (nSPS) is 47.5. The van der Waals surface area contributed by atoms with Gasteiger partial charge in [-0.1, -0.05) is 19.4 Å². The van der Waals surface area contributed by atoms with Crippen molar-refractivity contribution in [2.75, 3.05) is 0 Å². The first-order valence-corrected chi connectivity index (χ1v) is 10.5. The smallest absolute Gasteiger partial charge is 0.305 e. The minimum atomic E-state index is -0.962. The van der Waals surface area contributed by atoms with Crippen molar-refractivity contribution >= 4 is 11.8 Å². The number of carboxylic acid groups (broad SMARTS) is 1. The van der Waals surface area contributed by atoms with E-state index in [4.69, 9.17) is 5.11 Å². The van der Waals surface area contributed by atoms with E-state index < -0.39 is 18.2 Å². The van der Waals surface area contributed by atoms with E-state index in [1.165, 1.54) is 5.57 Å². The second-order valence-corrected chi connectivity index (χ2v) is 10.0. The van der Waals surface area contributed by atoms with Gasteiger partial charge in [0.25, 0.3) is 0 Å². The van der Waals surface area contributed by atoms with Crippen LogP contribution in [0.1, 0.15) is 65.2 Å². The van der Waals surface area contributed by atoms with Crippen molar-refractivity contribution in [2.24, 2.45) is 34.5 Å². The van der Waals surface area contributed by atoms with Gasteiger partial charge in [0.1, 0.15) is 0 Å². The highest BCUT2D eigenvalue weighted by molar-refractivity contribution is 5.91. The molecule has 3 N–H and O–H groups in total. The first kappa shape index (κ1) is 19.1. The molecule has 0 aromatic rings. The van der Waals surface area contributed by atoms with Gasteiger partial charge in [0.15, 0.2) is 5.78 Å². The van der Waals surface area contributed by atoms with E-state index in [-0.39, 0.29) is 34.9 Å². The van der Waals surface area contributed by atoms with Crippen LogP contribution in [0.5, 0.6) is 0 Å². The summed E-state index contributed by atoms with van der Waals surface area (Å²) in [5, 5.41) is 30.9. The lowest BCUT2D eigenvalue weighted by molar-refractivity contribution is -0.149. The Labute approximate surface area is 160 Å². The number of hydrogen-bond acceptors (Lipinski definition) is 4. The standard InChI is InChI=1S/C22H32O5/c1-21-8-7-13(23)9-12(21)3-4-14-15-5-6-16(17(24)10-19(26)27)22(15,2)11-18(25)20(14)21/h9,14-18,20,24-25H,3-8,10-11H2,1-2H3,(H,26,27)/t14-,15?,16+,17?,18-,20+,21-,22-/m0/s1. The molecule has 0 radical (unpaired) electrons. The molecule has 5 heteroatoms. The summed E-state index contributed by atoms with van der Waals surface area (Å²) in [4.78, 5) is 23.0. The molecule has 3 saturated carbocycles. The van der Waals surface area contributed by atoms with Crippen molar-refractivity contribution in [3.05, 3.63) is 11.6 Å². The Hall–Kier alpha value is -1.20.